The summed E-state index contributed by atoms with van der Waals surface area (Å²) in [6.45, 7) is 0.956. The fourth-order valence-corrected chi connectivity index (χ4v) is 2.00. The molecule has 1 aromatic carbocycles. The summed E-state index contributed by atoms with van der Waals surface area (Å²) in [5, 5.41) is 3.24. The van der Waals surface area contributed by atoms with Gasteiger partial charge in [-0.1, -0.05) is 36.8 Å². The Morgan fingerprint density at radius 2 is 2.00 bits per heavy atom. The molecule has 0 spiro atoms. The third-order valence-corrected chi connectivity index (χ3v) is 2.82. The summed E-state index contributed by atoms with van der Waals surface area (Å²) >= 11 is 0. The van der Waals surface area contributed by atoms with Crippen LogP contribution in [0, 0.1) is 0 Å². The summed E-state index contributed by atoms with van der Waals surface area (Å²) in [4.78, 5) is 0. The molecule has 0 aromatic heterocycles. The first-order valence-electron chi connectivity index (χ1n) is 5.30. The maximum atomic E-state index is 14.0. The fourth-order valence-electron chi connectivity index (χ4n) is 2.00. The third kappa shape index (κ3) is 2.13. The Kier molecular flexibility index (Phi) is 3.14. The predicted octanol–water partition coefficient (Wildman–Crippen LogP) is 2.84. The number of alkyl halides is 1. The lowest BCUT2D eigenvalue weighted by Crippen LogP contribution is -2.37. The number of piperidine rings is 1. The lowest BCUT2D eigenvalue weighted by Gasteiger charge is -2.26. The first-order valence-corrected chi connectivity index (χ1v) is 5.30. The van der Waals surface area contributed by atoms with Crippen LogP contribution in [0.3, 0.4) is 0 Å². The van der Waals surface area contributed by atoms with E-state index >= 15 is 0 Å². The molecule has 2 atom stereocenters. The maximum absolute atomic E-state index is 14.0. The Morgan fingerprint density at radius 1 is 1.21 bits per heavy atom. The van der Waals surface area contributed by atoms with E-state index < -0.39 is 6.17 Å². The summed E-state index contributed by atoms with van der Waals surface area (Å²) in [7, 11) is 0. The van der Waals surface area contributed by atoms with Gasteiger partial charge in [-0.3, -0.25) is 0 Å². The number of hydrogen-bond acceptors (Lipinski definition) is 1. The number of benzene rings is 1. The summed E-state index contributed by atoms with van der Waals surface area (Å²) < 4.78 is 14.0. The molecule has 1 aliphatic rings. The van der Waals surface area contributed by atoms with Gasteiger partial charge in [0.2, 0.25) is 0 Å². The van der Waals surface area contributed by atoms with Crippen molar-refractivity contribution >= 4 is 0 Å². The first-order chi connectivity index (χ1) is 6.88. The zero-order valence-corrected chi connectivity index (χ0v) is 8.25. The molecule has 1 nitrogen and oxygen atoms in total. The molecule has 0 bridgehead atoms. The SMILES string of the molecule is FC(c1ccccc1)C1CCCCN1. The zero-order chi connectivity index (χ0) is 9.80. The summed E-state index contributed by atoms with van der Waals surface area (Å²) in [5.74, 6) is 0. The second kappa shape index (κ2) is 4.56. The van der Waals surface area contributed by atoms with Gasteiger partial charge in [0.1, 0.15) is 6.17 Å². The molecule has 76 valence electrons. The molecule has 2 unspecified atom stereocenters. The Labute approximate surface area is 84.3 Å². The van der Waals surface area contributed by atoms with Crippen molar-refractivity contribution in [1.29, 1.82) is 0 Å². The van der Waals surface area contributed by atoms with Gasteiger partial charge in [0.05, 0.1) is 0 Å². The van der Waals surface area contributed by atoms with Gasteiger partial charge in [0.15, 0.2) is 0 Å². The van der Waals surface area contributed by atoms with Crippen molar-refractivity contribution < 1.29 is 4.39 Å². The Hall–Kier alpha value is -0.890. The van der Waals surface area contributed by atoms with Crippen molar-refractivity contribution in [3.8, 4) is 0 Å². The van der Waals surface area contributed by atoms with E-state index in [-0.39, 0.29) is 6.04 Å². The normalized spacial score (nSPS) is 24.5. The minimum absolute atomic E-state index is 0.0196. The number of rotatable bonds is 2. The van der Waals surface area contributed by atoms with Gasteiger partial charge in [0, 0.05) is 6.04 Å². The van der Waals surface area contributed by atoms with Gasteiger partial charge in [-0.05, 0) is 24.9 Å². The lowest BCUT2D eigenvalue weighted by molar-refractivity contribution is 0.221. The average molecular weight is 193 g/mol. The number of halogens is 1. The molecule has 0 amide bonds. The minimum Gasteiger partial charge on any atom is -0.311 e. The highest BCUT2D eigenvalue weighted by Crippen LogP contribution is 2.25. The highest BCUT2D eigenvalue weighted by atomic mass is 19.1. The second-order valence-electron chi connectivity index (χ2n) is 3.87. The van der Waals surface area contributed by atoms with Crippen LogP contribution in [0.25, 0.3) is 0 Å². The molecule has 1 N–H and O–H groups in total. The van der Waals surface area contributed by atoms with Gasteiger partial charge < -0.3 is 5.32 Å². The monoisotopic (exact) mass is 193 g/mol. The van der Waals surface area contributed by atoms with Gasteiger partial charge in [0.25, 0.3) is 0 Å². The molecule has 1 aromatic rings. The summed E-state index contributed by atoms with van der Waals surface area (Å²) in [6, 6.07) is 9.45. The summed E-state index contributed by atoms with van der Waals surface area (Å²) in [5.41, 5.74) is 0.798. The van der Waals surface area contributed by atoms with Crippen LogP contribution in [0.15, 0.2) is 30.3 Å². The van der Waals surface area contributed by atoms with E-state index in [0.29, 0.717) is 0 Å². The van der Waals surface area contributed by atoms with Crippen LogP contribution in [0.5, 0.6) is 0 Å². The highest BCUT2D eigenvalue weighted by molar-refractivity contribution is 5.19. The molecule has 1 aliphatic heterocycles. The third-order valence-electron chi connectivity index (χ3n) is 2.82. The number of hydrogen-bond donors (Lipinski definition) is 1. The van der Waals surface area contributed by atoms with E-state index in [1.807, 2.05) is 30.3 Å². The zero-order valence-electron chi connectivity index (χ0n) is 8.25. The average Bonchev–Trinajstić information content (AvgIpc) is 2.30. The van der Waals surface area contributed by atoms with Crippen molar-refractivity contribution in [3.63, 3.8) is 0 Å². The molecular weight excluding hydrogens is 177 g/mol. The van der Waals surface area contributed by atoms with Gasteiger partial charge in [-0.25, -0.2) is 4.39 Å². The molecule has 1 heterocycles. The van der Waals surface area contributed by atoms with Gasteiger partial charge in [-0.15, -0.1) is 0 Å². The van der Waals surface area contributed by atoms with E-state index in [1.54, 1.807) is 0 Å². The summed E-state index contributed by atoms with van der Waals surface area (Å²) in [6.07, 6.45) is 2.43. The fraction of sp³-hybridized carbons (Fsp3) is 0.500. The van der Waals surface area contributed by atoms with Crippen LogP contribution in [-0.2, 0) is 0 Å². The second-order valence-corrected chi connectivity index (χ2v) is 3.87. The van der Waals surface area contributed by atoms with Gasteiger partial charge >= 0.3 is 0 Å². The predicted molar refractivity (Wildman–Crippen MR) is 55.9 cm³/mol. The van der Waals surface area contributed by atoms with Crippen LogP contribution >= 0.6 is 0 Å². The van der Waals surface area contributed by atoms with E-state index in [1.165, 1.54) is 6.42 Å². The quantitative estimate of drug-likeness (QED) is 0.761. The Balaban J connectivity index is 2.03. The van der Waals surface area contributed by atoms with Crippen molar-refractivity contribution in [2.45, 2.75) is 31.5 Å². The Bertz CT molecular complexity index is 267. The van der Waals surface area contributed by atoms with Crippen LogP contribution in [0.2, 0.25) is 0 Å². The molecule has 1 fully saturated rings. The number of nitrogens with one attached hydrogen (secondary N) is 1. The van der Waals surface area contributed by atoms with Crippen molar-refractivity contribution in [3.05, 3.63) is 35.9 Å². The van der Waals surface area contributed by atoms with E-state index in [0.717, 1.165) is 24.9 Å². The van der Waals surface area contributed by atoms with E-state index in [4.69, 9.17) is 0 Å². The smallest absolute Gasteiger partial charge is 0.140 e. The first kappa shape index (κ1) is 9.66. The van der Waals surface area contributed by atoms with Crippen LogP contribution in [0.4, 0.5) is 4.39 Å². The lowest BCUT2D eigenvalue weighted by atomic mass is 9.96. The molecule has 0 radical (unpaired) electrons. The van der Waals surface area contributed by atoms with Crippen molar-refractivity contribution in [2.75, 3.05) is 6.54 Å². The molecular formula is C12H16FN. The minimum atomic E-state index is -0.850. The highest BCUT2D eigenvalue weighted by Gasteiger charge is 2.23. The van der Waals surface area contributed by atoms with Crippen LogP contribution < -0.4 is 5.32 Å². The largest absolute Gasteiger partial charge is 0.311 e. The topological polar surface area (TPSA) is 12.0 Å². The van der Waals surface area contributed by atoms with Gasteiger partial charge in [-0.2, -0.15) is 0 Å². The molecule has 1 saturated heterocycles. The molecule has 0 saturated carbocycles. The van der Waals surface area contributed by atoms with Crippen molar-refractivity contribution in [2.24, 2.45) is 0 Å². The molecule has 2 heteroatoms. The van der Waals surface area contributed by atoms with Crippen LogP contribution in [-0.4, -0.2) is 12.6 Å². The molecule has 2 rings (SSSR count). The van der Waals surface area contributed by atoms with E-state index in [9.17, 15) is 4.39 Å². The van der Waals surface area contributed by atoms with E-state index in [2.05, 4.69) is 5.32 Å². The molecule has 14 heavy (non-hydrogen) atoms. The maximum Gasteiger partial charge on any atom is 0.140 e. The van der Waals surface area contributed by atoms with Crippen LogP contribution in [0.1, 0.15) is 31.0 Å². The van der Waals surface area contributed by atoms with Crippen molar-refractivity contribution in [1.82, 2.24) is 5.32 Å². The molecule has 0 aliphatic carbocycles. The Morgan fingerprint density at radius 3 is 2.64 bits per heavy atom. The standard InChI is InChI=1S/C12H16FN/c13-12(10-6-2-1-3-7-10)11-8-4-5-9-14-11/h1-3,6-7,11-12,14H,4-5,8-9H2.